The summed E-state index contributed by atoms with van der Waals surface area (Å²) in [7, 11) is 0. The molecule has 1 atom stereocenters. The van der Waals surface area contributed by atoms with Gasteiger partial charge in [-0.2, -0.15) is 0 Å². The first kappa shape index (κ1) is 21.9. The highest BCUT2D eigenvalue weighted by atomic mass is 35.5. The Morgan fingerprint density at radius 2 is 1.87 bits per heavy atom. The predicted molar refractivity (Wildman–Crippen MR) is 132 cm³/mol. The molecule has 0 unspecified atom stereocenters. The zero-order chi connectivity index (χ0) is 22.1. The van der Waals surface area contributed by atoms with E-state index < -0.39 is 0 Å². The average Bonchev–Trinajstić information content (AvgIpc) is 3.21. The molecule has 2 aromatic carbocycles. The molecule has 4 nitrogen and oxygen atoms in total. The van der Waals surface area contributed by atoms with Crippen LogP contribution in [0.1, 0.15) is 29.4 Å². The van der Waals surface area contributed by atoms with Gasteiger partial charge in [-0.15, -0.1) is 0 Å². The molecule has 3 aromatic rings. The van der Waals surface area contributed by atoms with Crippen LogP contribution in [-0.4, -0.2) is 16.0 Å². The van der Waals surface area contributed by atoms with Crippen LogP contribution in [0.4, 0.5) is 5.69 Å². The van der Waals surface area contributed by atoms with Crippen molar-refractivity contribution in [2.45, 2.75) is 32.7 Å². The Labute approximate surface area is 196 Å². The average molecular weight is 472 g/mol. The lowest BCUT2D eigenvalue weighted by Crippen LogP contribution is -2.30. The van der Waals surface area contributed by atoms with Gasteiger partial charge in [0.05, 0.1) is 15.6 Å². The molecule has 160 valence electrons. The van der Waals surface area contributed by atoms with Crippen molar-refractivity contribution in [3.63, 3.8) is 0 Å². The van der Waals surface area contributed by atoms with Crippen LogP contribution in [-0.2, 0) is 11.2 Å². The molecule has 31 heavy (non-hydrogen) atoms. The minimum absolute atomic E-state index is 0.0815. The first-order chi connectivity index (χ1) is 14.9. The monoisotopic (exact) mass is 471 g/mol. The van der Waals surface area contributed by atoms with Crippen molar-refractivity contribution in [1.82, 2.24) is 9.88 Å². The van der Waals surface area contributed by atoms with Crippen molar-refractivity contribution in [1.29, 1.82) is 0 Å². The van der Waals surface area contributed by atoms with Crippen molar-refractivity contribution < 1.29 is 4.79 Å². The van der Waals surface area contributed by atoms with Gasteiger partial charge in [-0.1, -0.05) is 54.0 Å². The second kappa shape index (κ2) is 9.03. The SMILES string of the molecule is CCc1ccc(N[C@H]2NC(=O)/C(=C/c3cc(C)n(-c4ccc(Cl)cc4Cl)c3C)S2)cc1. The molecule has 1 fully saturated rings. The molecule has 0 radical (unpaired) electrons. The van der Waals surface area contributed by atoms with E-state index >= 15 is 0 Å². The Balaban J connectivity index is 1.56. The number of aryl methyl sites for hydroxylation is 2. The number of aromatic nitrogens is 1. The summed E-state index contributed by atoms with van der Waals surface area (Å²) < 4.78 is 2.08. The first-order valence-electron chi connectivity index (χ1n) is 10.0. The molecular weight excluding hydrogens is 449 g/mol. The lowest BCUT2D eigenvalue weighted by atomic mass is 10.1. The Bertz CT molecular complexity index is 1170. The molecule has 1 saturated heterocycles. The summed E-state index contributed by atoms with van der Waals surface area (Å²) in [5.74, 6) is -0.0815. The summed E-state index contributed by atoms with van der Waals surface area (Å²) in [6.07, 6.45) is 2.94. The molecule has 1 aliphatic heterocycles. The third-order valence-electron chi connectivity index (χ3n) is 5.30. The zero-order valence-corrected chi connectivity index (χ0v) is 19.8. The van der Waals surface area contributed by atoms with E-state index in [4.69, 9.17) is 23.2 Å². The van der Waals surface area contributed by atoms with E-state index in [1.165, 1.54) is 17.3 Å². The van der Waals surface area contributed by atoms with Gasteiger partial charge in [-0.3, -0.25) is 4.79 Å². The molecule has 4 rings (SSSR count). The predicted octanol–water partition coefficient (Wildman–Crippen LogP) is 6.56. The number of thioether (sulfide) groups is 1. The second-order valence-corrected chi connectivity index (χ2v) is 9.42. The lowest BCUT2D eigenvalue weighted by Gasteiger charge is -2.13. The van der Waals surface area contributed by atoms with Gasteiger partial charge in [0.2, 0.25) is 0 Å². The first-order valence-corrected chi connectivity index (χ1v) is 11.7. The minimum atomic E-state index is -0.208. The summed E-state index contributed by atoms with van der Waals surface area (Å²) in [5, 5.41) is 7.54. The minimum Gasteiger partial charge on any atom is -0.357 e. The number of hydrogen-bond acceptors (Lipinski definition) is 3. The zero-order valence-electron chi connectivity index (χ0n) is 17.5. The third-order valence-corrected chi connectivity index (χ3v) is 6.86. The van der Waals surface area contributed by atoms with Crippen molar-refractivity contribution in [2.75, 3.05) is 5.32 Å². The molecule has 7 heteroatoms. The molecule has 1 aromatic heterocycles. The van der Waals surface area contributed by atoms with E-state index in [1.54, 1.807) is 6.07 Å². The van der Waals surface area contributed by atoms with E-state index in [1.807, 2.05) is 44.2 Å². The highest BCUT2D eigenvalue weighted by molar-refractivity contribution is 8.05. The number of carbonyl (C=O) groups excluding carboxylic acids is 1. The van der Waals surface area contributed by atoms with Crippen LogP contribution in [0.3, 0.4) is 0 Å². The number of carbonyl (C=O) groups is 1. The van der Waals surface area contributed by atoms with E-state index in [-0.39, 0.29) is 11.4 Å². The summed E-state index contributed by atoms with van der Waals surface area (Å²) in [6, 6.07) is 15.8. The molecule has 1 amide bonds. The fourth-order valence-electron chi connectivity index (χ4n) is 3.66. The van der Waals surface area contributed by atoms with E-state index in [2.05, 4.69) is 40.3 Å². The standard InChI is InChI=1S/C24H23Cl2N3OS/c1-4-16-5-8-19(9-6-16)27-24-28-23(30)22(31-24)12-17-11-14(2)29(15(17)3)21-10-7-18(25)13-20(21)26/h5-13,24,27H,4H2,1-3H3,(H,28,30)/b22-12-/t24-/m0/s1. The Morgan fingerprint density at radius 3 is 2.55 bits per heavy atom. The highest BCUT2D eigenvalue weighted by Gasteiger charge is 2.27. The number of amides is 1. The maximum atomic E-state index is 12.6. The number of anilines is 1. The Hall–Kier alpha value is -2.34. The van der Waals surface area contributed by atoms with Crippen molar-refractivity contribution in [2.24, 2.45) is 0 Å². The number of halogens is 2. The normalized spacial score (nSPS) is 17.3. The number of rotatable bonds is 5. The van der Waals surface area contributed by atoms with Gasteiger partial charge in [0.15, 0.2) is 5.50 Å². The maximum Gasteiger partial charge on any atom is 0.260 e. The van der Waals surface area contributed by atoms with Gasteiger partial charge in [-0.25, -0.2) is 0 Å². The molecule has 0 spiro atoms. The molecule has 1 aliphatic rings. The molecule has 2 N–H and O–H groups in total. The van der Waals surface area contributed by atoms with E-state index in [0.29, 0.717) is 15.0 Å². The maximum absolute atomic E-state index is 12.6. The van der Waals surface area contributed by atoms with Crippen LogP contribution in [0.5, 0.6) is 0 Å². The lowest BCUT2D eigenvalue weighted by molar-refractivity contribution is -0.116. The van der Waals surface area contributed by atoms with Gasteiger partial charge < -0.3 is 15.2 Å². The molecular formula is C24H23Cl2N3OS. The van der Waals surface area contributed by atoms with Crippen LogP contribution in [0, 0.1) is 13.8 Å². The quantitative estimate of drug-likeness (QED) is 0.413. The van der Waals surface area contributed by atoms with Crippen molar-refractivity contribution >= 4 is 52.6 Å². The van der Waals surface area contributed by atoms with Gasteiger partial charge in [0.25, 0.3) is 5.91 Å². The van der Waals surface area contributed by atoms with Gasteiger partial charge in [0.1, 0.15) is 0 Å². The van der Waals surface area contributed by atoms with Gasteiger partial charge >= 0.3 is 0 Å². The van der Waals surface area contributed by atoms with E-state index in [9.17, 15) is 4.79 Å². The summed E-state index contributed by atoms with van der Waals surface area (Å²) in [4.78, 5) is 13.2. The van der Waals surface area contributed by atoms with Crippen molar-refractivity contribution in [3.8, 4) is 5.69 Å². The van der Waals surface area contributed by atoms with Crippen LogP contribution in [0.25, 0.3) is 11.8 Å². The van der Waals surface area contributed by atoms with Crippen molar-refractivity contribution in [3.05, 3.63) is 86.0 Å². The van der Waals surface area contributed by atoms with E-state index in [0.717, 1.165) is 34.7 Å². The fraction of sp³-hybridized carbons (Fsp3) is 0.208. The molecule has 0 bridgehead atoms. The molecule has 0 saturated carbocycles. The molecule has 2 heterocycles. The smallest absolute Gasteiger partial charge is 0.260 e. The number of nitrogens with zero attached hydrogens (tertiary/aromatic N) is 1. The van der Waals surface area contributed by atoms with Crippen LogP contribution >= 0.6 is 35.0 Å². The summed E-state index contributed by atoms with van der Waals surface area (Å²) in [6.45, 7) is 6.17. The topological polar surface area (TPSA) is 46.1 Å². The largest absolute Gasteiger partial charge is 0.357 e. The van der Waals surface area contributed by atoms with Crippen LogP contribution in [0.2, 0.25) is 10.0 Å². The molecule has 0 aliphatic carbocycles. The van der Waals surface area contributed by atoms with Gasteiger partial charge in [0, 0.05) is 22.1 Å². The Morgan fingerprint density at radius 1 is 1.13 bits per heavy atom. The summed E-state index contributed by atoms with van der Waals surface area (Å²) >= 11 is 14.0. The Kier molecular flexibility index (Phi) is 6.37. The third kappa shape index (κ3) is 4.64. The highest BCUT2D eigenvalue weighted by Crippen LogP contribution is 2.33. The summed E-state index contributed by atoms with van der Waals surface area (Å²) in [5.41, 5.74) is 5.94. The number of hydrogen-bond donors (Lipinski definition) is 2. The second-order valence-electron chi connectivity index (χ2n) is 7.43. The number of benzene rings is 2. The van der Waals surface area contributed by atoms with Crippen LogP contribution in [0.15, 0.2) is 53.4 Å². The number of nitrogens with one attached hydrogen (secondary N) is 2. The fourth-order valence-corrected chi connectivity index (χ4v) is 5.13. The van der Waals surface area contributed by atoms with Gasteiger partial charge in [-0.05, 0) is 73.9 Å². The van der Waals surface area contributed by atoms with Crippen LogP contribution < -0.4 is 10.6 Å².